The Hall–Kier alpha value is -0.880. The number of nitrogens with one attached hydrogen (secondary N) is 1. The number of halogens is 3. The molecule has 0 aliphatic carbocycles. The number of hydrogen-bond donors (Lipinski definition) is 1. The number of thiazole rings is 1. The lowest BCUT2D eigenvalue weighted by Crippen LogP contribution is -1.90. The minimum absolute atomic E-state index is 0. The Bertz CT molecular complexity index is 772. The van der Waals surface area contributed by atoms with Crippen molar-refractivity contribution >= 4 is 66.7 Å². The third-order valence-corrected chi connectivity index (χ3v) is 4.76. The van der Waals surface area contributed by atoms with Crippen LogP contribution in [-0.2, 0) is 0 Å². The first-order valence-electron chi connectivity index (χ1n) is 6.36. The van der Waals surface area contributed by atoms with Crippen molar-refractivity contribution in [3.63, 3.8) is 0 Å². The summed E-state index contributed by atoms with van der Waals surface area (Å²) in [6, 6.07) is 14.0. The zero-order valence-corrected chi connectivity index (χ0v) is 16.5. The molecule has 1 heterocycles. The van der Waals surface area contributed by atoms with Crippen molar-refractivity contribution in [3.05, 3.63) is 62.9 Å². The summed E-state index contributed by atoms with van der Waals surface area (Å²) in [5.41, 5.74) is 4.08. The standard InChI is InChI=1S/C16H12BrClN2S.BrH/c1-10-2-7-13(8-14(10)18)19-16-20-15(9-21-16)11-3-5-12(17)6-4-11;/h2-9H,1H3,(H,19,20);1H. The normalized spacial score (nSPS) is 10.1. The second-order valence-corrected chi connectivity index (χ2v) is 6.81. The molecular formula is C16H13Br2ClN2S. The second-order valence-electron chi connectivity index (χ2n) is 4.63. The molecule has 0 atom stereocenters. The molecule has 0 saturated heterocycles. The van der Waals surface area contributed by atoms with Crippen LogP contribution in [0.3, 0.4) is 0 Å². The molecule has 3 aromatic rings. The van der Waals surface area contributed by atoms with Crippen LogP contribution in [0.15, 0.2) is 52.3 Å². The zero-order chi connectivity index (χ0) is 14.8. The average Bonchev–Trinajstić information content (AvgIpc) is 2.92. The monoisotopic (exact) mass is 458 g/mol. The quantitative estimate of drug-likeness (QED) is 0.462. The molecule has 0 aliphatic rings. The third kappa shape index (κ3) is 4.10. The minimum atomic E-state index is 0. The van der Waals surface area contributed by atoms with Gasteiger partial charge in [-0.3, -0.25) is 0 Å². The molecule has 0 fully saturated rings. The summed E-state index contributed by atoms with van der Waals surface area (Å²) in [6.07, 6.45) is 0. The summed E-state index contributed by atoms with van der Waals surface area (Å²) < 4.78 is 1.06. The van der Waals surface area contributed by atoms with Gasteiger partial charge >= 0.3 is 0 Å². The molecule has 6 heteroatoms. The summed E-state index contributed by atoms with van der Waals surface area (Å²) in [7, 11) is 0. The highest BCUT2D eigenvalue weighted by Gasteiger charge is 2.05. The van der Waals surface area contributed by atoms with E-state index in [9.17, 15) is 0 Å². The van der Waals surface area contributed by atoms with E-state index < -0.39 is 0 Å². The second kappa shape index (κ2) is 7.59. The largest absolute Gasteiger partial charge is 0.331 e. The van der Waals surface area contributed by atoms with Crippen LogP contribution in [0, 0.1) is 6.92 Å². The molecule has 0 spiro atoms. The van der Waals surface area contributed by atoms with Gasteiger partial charge in [-0.2, -0.15) is 0 Å². The predicted octanol–water partition coefficient (Wildman–Crippen LogP) is 6.86. The van der Waals surface area contributed by atoms with E-state index in [2.05, 4.69) is 26.2 Å². The summed E-state index contributed by atoms with van der Waals surface area (Å²) in [6.45, 7) is 1.99. The van der Waals surface area contributed by atoms with E-state index >= 15 is 0 Å². The highest BCUT2D eigenvalue weighted by atomic mass is 79.9. The Morgan fingerprint density at radius 1 is 1.14 bits per heavy atom. The summed E-state index contributed by atoms with van der Waals surface area (Å²) in [4.78, 5) is 4.61. The van der Waals surface area contributed by atoms with Crippen LogP contribution in [0.5, 0.6) is 0 Å². The van der Waals surface area contributed by atoms with Crippen LogP contribution >= 0.6 is 55.8 Å². The highest BCUT2D eigenvalue weighted by Crippen LogP contribution is 2.29. The van der Waals surface area contributed by atoms with E-state index in [0.29, 0.717) is 0 Å². The maximum absolute atomic E-state index is 6.13. The number of nitrogens with zero attached hydrogens (tertiary/aromatic N) is 1. The van der Waals surface area contributed by atoms with Crippen LogP contribution in [0.4, 0.5) is 10.8 Å². The predicted molar refractivity (Wildman–Crippen MR) is 105 cm³/mol. The van der Waals surface area contributed by atoms with Gasteiger partial charge in [-0.25, -0.2) is 4.98 Å². The molecule has 3 rings (SSSR count). The van der Waals surface area contributed by atoms with E-state index in [1.54, 1.807) is 11.3 Å². The molecule has 114 valence electrons. The van der Waals surface area contributed by atoms with E-state index in [4.69, 9.17) is 11.6 Å². The average molecular weight is 461 g/mol. The highest BCUT2D eigenvalue weighted by molar-refractivity contribution is 9.10. The van der Waals surface area contributed by atoms with Crippen molar-refractivity contribution in [3.8, 4) is 11.3 Å². The fourth-order valence-electron chi connectivity index (χ4n) is 1.88. The van der Waals surface area contributed by atoms with Crippen LogP contribution in [0.25, 0.3) is 11.3 Å². The maximum atomic E-state index is 6.13. The van der Waals surface area contributed by atoms with Crippen molar-refractivity contribution in [2.24, 2.45) is 0 Å². The van der Waals surface area contributed by atoms with E-state index in [0.717, 1.165) is 37.1 Å². The Labute approximate surface area is 157 Å². The molecule has 0 bridgehead atoms. The molecule has 2 nitrogen and oxygen atoms in total. The van der Waals surface area contributed by atoms with Gasteiger partial charge in [0.25, 0.3) is 0 Å². The van der Waals surface area contributed by atoms with Crippen LogP contribution < -0.4 is 5.32 Å². The van der Waals surface area contributed by atoms with Crippen molar-refractivity contribution in [2.45, 2.75) is 6.92 Å². The van der Waals surface area contributed by atoms with Gasteiger partial charge in [0.1, 0.15) is 0 Å². The van der Waals surface area contributed by atoms with Gasteiger partial charge in [-0.15, -0.1) is 28.3 Å². The van der Waals surface area contributed by atoms with Gasteiger partial charge in [0.2, 0.25) is 0 Å². The molecule has 0 saturated carbocycles. The van der Waals surface area contributed by atoms with Crippen molar-refractivity contribution in [2.75, 3.05) is 5.32 Å². The van der Waals surface area contributed by atoms with E-state index in [1.165, 1.54) is 0 Å². The fraction of sp³-hybridized carbons (Fsp3) is 0.0625. The maximum Gasteiger partial charge on any atom is 0.187 e. The summed E-state index contributed by atoms with van der Waals surface area (Å²) in [5.74, 6) is 0. The molecule has 0 radical (unpaired) electrons. The lowest BCUT2D eigenvalue weighted by atomic mass is 10.2. The zero-order valence-electron chi connectivity index (χ0n) is 11.6. The fourth-order valence-corrected chi connectivity index (χ4v) is 3.06. The molecular weight excluding hydrogens is 448 g/mol. The van der Waals surface area contributed by atoms with Gasteiger partial charge in [0.05, 0.1) is 5.69 Å². The summed E-state index contributed by atoms with van der Waals surface area (Å²) >= 11 is 11.1. The van der Waals surface area contributed by atoms with Gasteiger partial charge in [0.15, 0.2) is 5.13 Å². The van der Waals surface area contributed by atoms with Gasteiger partial charge in [0, 0.05) is 26.1 Å². The topological polar surface area (TPSA) is 24.9 Å². The first kappa shape index (κ1) is 17.5. The molecule has 1 N–H and O–H groups in total. The Morgan fingerprint density at radius 2 is 1.86 bits per heavy atom. The molecule has 0 aliphatic heterocycles. The van der Waals surface area contributed by atoms with Crippen molar-refractivity contribution < 1.29 is 0 Å². The number of rotatable bonds is 3. The molecule has 0 unspecified atom stereocenters. The van der Waals surface area contributed by atoms with Crippen molar-refractivity contribution in [1.82, 2.24) is 4.98 Å². The third-order valence-electron chi connectivity index (χ3n) is 3.07. The smallest absolute Gasteiger partial charge is 0.187 e. The molecule has 22 heavy (non-hydrogen) atoms. The van der Waals surface area contributed by atoms with Gasteiger partial charge < -0.3 is 5.32 Å². The first-order chi connectivity index (χ1) is 10.1. The van der Waals surface area contributed by atoms with Gasteiger partial charge in [-0.1, -0.05) is 45.7 Å². The summed E-state index contributed by atoms with van der Waals surface area (Å²) in [5, 5.41) is 6.94. The van der Waals surface area contributed by atoms with Gasteiger partial charge in [-0.05, 0) is 36.8 Å². The SMILES string of the molecule is Br.Cc1ccc(Nc2nc(-c3ccc(Br)cc3)cs2)cc1Cl. The lowest BCUT2D eigenvalue weighted by Gasteiger charge is -2.04. The molecule has 0 amide bonds. The number of aromatic nitrogens is 1. The van der Waals surface area contributed by atoms with Crippen molar-refractivity contribution in [1.29, 1.82) is 0 Å². The molecule has 2 aromatic carbocycles. The minimum Gasteiger partial charge on any atom is -0.331 e. The number of benzene rings is 2. The van der Waals surface area contributed by atoms with E-state index in [-0.39, 0.29) is 17.0 Å². The Morgan fingerprint density at radius 3 is 2.55 bits per heavy atom. The first-order valence-corrected chi connectivity index (χ1v) is 8.41. The number of hydrogen-bond acceptors (Lipinski definition) is 3. The van der Waals surface area contributed by atoms with Crippen LogP contribution in [0.2, 0.25) is 5.02 Å². The van der Waals surface area contributed by atoms with E-state index in [1.807, 2.05) is 54.8 Å². The number of aryl methyl sites for hydroxylation is 1. The molecule has 1 aromatic heterocycles. The van der Waals surface area contributed by atoms with Crippen LogP contribution in [-0.4, -0.2) is 4.98 Å². The Kier molecular flexibility index (Phi) is 6.03. The number of anilines is 2. The van der Waals surface area contributed by atoms with Crippen LogP contribution in [0.1, 0.15) is 5.56 Å². The Balaban J connectivity index is 0.00000176. The lowest BCUT2D eigenvalue weighted by molar-refractivity contribution is 1.37.